The van der Waals surface area contributed by atoms with Crippen molar-refractivity contribution in [2.45, 2.75) is 25.9 Å². The molecule has 2 aromatic carbocycles. The summed E-state index contributed by atoms with van der Waals surface area (Å²) in [6, 6.07) is 14.4. The van der Waals surface area contributed by atoms with E-state index in [1.165, 1.54) is 6.08 Å². The molecule has 0 saturated carbocycles. The highest BCUT2D eigenvalue weighted by atomic mass is 35.5. The van der Waals surface area contributed by atoms with Gasteiger partial charge in [0.2, 0.25) is 0 Å². The van der Waals surface area contributed by atoms with Crippen molar-refractivity contribution in [1.82, 2.24) is 5.32 Å². The fourth-order valence-electron chi connectivity index (χ4n) is 3.29. The lowest BCUT2D eigenvalue weighted by atomic mass is 10.1. The summed E-state index contributed by atoms with van der Waals surface area (Å²) in [7, 11) is 0. The summed E-state index contributed by atoms with van der Waals surface area (Å²) in [6.07, 6.45) is 3.44. The topological polar surface area (TPSA) is 89.8 Å². The zero-order valence-electron chi connectivity index (χ0n) is 18.5. The zero-order valence-corrected chi connectivity index (χ0v) is 19.3. The van der Waals surface area contributed by atoms with Gasteiger partial charge in [0.1, 0.15) is 30.6 Å². The van der Waals surface area contributed by atoms with Crippen LogP contribution in [0.1, 0.15) is 25.3 Å². The third-order valence-corrected chi connectivity index (χ3v) is 5.21. The van der Waals surface area contributed by atoms with Crippen molar-refractivity contribution in [2.75, 3.05) is 33.0 Å². The van der Waals surface area contributed by atoms with Crippen LogP contribution >= 0.6 is 11.6 Å². The number of para-hydroxylation sites is 1. The van der Waals surface area contributed by atoms with Crippen molar-refractivity contribution in [3.63, 3.8) is 0 Å². The first kappa shape index (κ1) is 24.4. The molecule has 33 heavy (non-hydrogen) atoms. The molecule has 174 valence electrons. The second-order valence-corrected chi connectivity index (χ2v) is 7.69. The average Bonchev–Trinajstić information content (AvgIpc) is 3.35. The monoisotopic (exact) mass is 470 g/mol. The van der Waals surface area contributed by atoms with Crippen LogP contribution in [-0.2, 0) is 9.53 Å². The van der Waals surface area contributed by atoms with Gasteiger partial charge in [-0.1, -0.05) is 29.8 Å². The van der Waals surface area contributed by atoms with E-state index in [2.05, 4.69) is 5.32 Å². The van der Waals surface area contributed by atoms with Crippen molar-refractivity contribution in [3.8, 4) is 23.3 Å². The Labute approximate surface area is 198 Å². The molecule has 8 heteroatoms. The van der Waals surface area contributed by atoms with Crippen LogP contribution in [0.2, 0.25) is 5.02 Å². The van der Waals surface area contributed by atoms with E-state index < -0.39 is 5.91 Å². The molecular formula is C25H27ClN2O5. The van der Waals surface area contributed by atoms with Crippen LogP contribution in [0, 0.1) is 11.3 Å². The number of carbonyl (C=O) groups is 1. The summed E-state index contributed by atoms with van der Waals surface area (Å²) in [6.45, 7) is 4.00. The molecule has 1 atom stereocenters. The van der Waals surface area contributed by atoms with E-state index in [0.29, 0.717) is 54.2 Å². The highest BCUT2D eigenvalue weighted by Gasteiger charge is 2.18. The van der Waals surface area contributed by atoms with Crippen molar-refractivity contribution in [1.29, 1.82) is 5.26 Å². The number of rotatable bonds is 11. The lowest BCUT2D eigenvalue weighted by Gasteiger charge is -2.14. The minimum absolute atomic E-state index is 0.0109. The van der Waals surface area contributed by atoms with Gasteiger partial charge in [0.05, 0.1) is 17.7 Å². The van der Waals surface area contributed by atoms with Gasteiger partial charge in [0.25, 0.3) is 5.91 Å². The van der Waals surface area contributed by atoms with Gasteiger partial charge in [-0.15, -0.1) is 0 Å². The lowest BCUT2D eigenvalue weighted by Crippen LogP contribution is -2.32. The number of ether oxygens (including phenoxy) is 4. The summed E-state index contributed by atoms with van der Waals surface area (Å²) in [4.78, 5) is 12.4. The molecule has 0 bridgehead atoms. The van der Waals surface area contributed by atoms with Crippen LogP contribution in [0.15, 0.2) is 48.0 Å². The molecule has 0 radical (unpaired) electrons. The Morgan fingerprint density at radius 1 is 1.18 bits per heavy atom. The third kappa shape index (κ3) is 7.41. The van der Waals surface area contributed by atoms with E-state index in [1.807, 2.05) is 25.1 Å². The van der Waals surface area contributed by atoms with Gasteiger partial charge in [0, 0.05) is 13.2 Å². The molecule has 1 aliphatic rings. The molecule has 0 aromatic heterocycles. The van der Waals surface area contributed by atoms with E-state index in [4.69, 9.17) is 30.5 Å². The summed E-state index contributed by atoms with van der Waals surface area (Å²) < 4.78 is 22.6. The number of carbonyl (C=O) groups excluding carboxylic acids is 1. The molecule has 1 fully saturated rings. The van der Waals surface area contributed by atoms with Crippen LogP contribution in [0.5, 0.6) is 17.2 Å². The average molecular weight is 471 g/mol. The molecule has 1 amide bonds. The Morgan fingerprint density at radius 3 is 2.67 bits per heavy atom. The predicted octanol–water partition coefficient (Wildman–Crippen LogP) is 4.40. The van der Waals surface area contributed by atoms with Crippen molar-refractivity contribution >= 4 is 23.6 Å². The third-order valence-electron chi connectivity index (χ3n) is 4.89. The first-order valence-electron chi connectivity index (χ1n) is 10.9. The molecule has 0 aliphatic carbocycles. The van der Waals surface area contributed by atoms with Gasteiger partial charge in [-0.2, -0.15) is 5.26 Å². The Kier molecular flexibility index (Phi) is 9.43. The van der Waals surface area contributed by atoms with Gasteiger partial charge in [-0.25, -0.2) is 0 Å². The molecule has 1 heterocycles. The Balaban J connectivity index is 1.60. The largest absolute Gasteiger partial charge is 0.490 e. The van der Waals surface area contributed by atoms with Crippen molar-refractivity contribution in [2.24, 2.45) is 0 Å². The first-order chi connectivity index (χ1) is 16.1. The number of hydrogen-bond acceptors (Lipinski definition) is 6. The van der Waals surface area contributed by atoms with E-state index in [0.717, 1.165) is 12.8 Å². The minimum Gasteiger partial charge on any atom is -0.490 e. The molecule has 2 aromatic rings. The summed E-state index contributed by atoms with van der Waals surface area (Å²) >= 11 is 6.08. The van der Waals surface area contributed by atoms with Gasteiger partial charge in [0.15, 0.2) is 11.5 Å². The molecule has 1 saturated heterocycles. The number of amides is 1. The SMILES string of the molecule is CCOc1cc(/C=C(\C#N)C(=O)NC[C@@H]2CCCO2)ccc1OCCOc1ccccc1Cl. The first-order valence-corrected chi connectivity index (χ1v) is 11.3. The van der Waals surface area contributed by atoms with Crippen LogP contribution in [0.3, 0.4) is 0 Å². The number of nitrogens with zero attached hydrogens (tertiary/aromatic N) is 1. The number of benzene rings is 2. The molecular weight excluding hydrogens is 444 g/mol. The van der Waals surface area contributed by atoms with Gasteiger partial charge >= 0.3 is 0 Å². The summed E-state index contributed by atoms with van der Waals surface area (Å²) in [5, 5.41) is 12.7. The number of halogens is 1. The second-order valence-electron chi connectivity index (χ2n) is 7.28. The fourth-order valence-corrected chi connectivity index (χ4v) is 3.48. The van der Waals surface area contributed by atoms with E-state index in [1.54, 1.807) is 30.3 Å². The maximum Gasteiger partial charge on any atom is 0.262 e. The van der Waals surface area contributed by atoms with Crippen molar-refractivity contribution < 1.29 is 23.7 Å². The quantitative estimate of drug-likeness (QED) is 0.297. The number of nitriles is 1. The predicted molar refractivity (Wildman–Crippen MR) is 126 cm³/mol. The van der Waals surface area contributed by atoms with Crippen LogP contribution in [-0.4, -0.2) is 45.0 Å². The van der Waals surface area contributed by atoms with E-state index in [-0.39, 0.29) is 18.3 Å². The minimum atomic E-state index is -0.428. The molecule has 7 nitrogen and oxygen atoms in total. The molecule has 3 rings (SSSR count). The fraction of sp³-hybridized carbons (Fsp3) is 0.360. The lowest BCUT2D eigenvalue weighted by molar-refractivity contribution is -0.117. The Bertz CT molecular complexity index is 1010. The molecule has 1 N–H and O–H groups in total. The molecule has 0 unspecified atom stereocenters. The van der Waals surface area contributed by atoms with Crippen LogP contribution in [0.4, 0.5) is 0 Å². The molecule has 1 aliphatic heterocycles. The zero-order chi connectivity index (χ0) is 23.5. The van der Waals surface area contributed by atoms with E-state index in [9.17, 15) is 10.1 Å². The van der Waals surface area contributed by atoms with E-state index >= 15 is 0 Å². The maximum absolute atomic E-state index is 12.4. The summed E-state index contributed by atoms with van der Waals surface area (Å²) in [5.74, 6) is 1.22. The van der Waals surface area contributed by atoms with Crippen LogP contribution in [0.25, 0.3) is 6.08 Å². The van der Waals surface area contributed by atoms with Crippen molar-refractivity contribution in [3.05, 3.63) is 58.6 Å². The Hall–Kier alpha value is -3.21. The summed E-state index contributed by atoms with van der Waals surface area (Å²) in [5.41, 5.74) is 0.666. The second kappa shape index (κ2) is 12.7. The standard InChI is InChI=1S/C25H27ClN2O5/c1-2-30-24-15-18(14-19(16-27)25(29)28-17-20-6-5-11-31-20)9-10-23(24)33-13-12-32-22-8-4-3-7-21(22)26/h3-4,7-10,14-15,20H,2,5-6,11-13,17H2,1H3,(H,28,29)/b19-14+/t20-/m0/s1. The van der Waals surface area contributed by atoms with Gasteiger partial charge < -0.3 is 24.3 Å². The number of nitrogens with one attached hydrogen (secondary N) is 1. The van der Waals surface area contributed by atoms with Gasteiger partial charge in [-0.3, -0.25) is 4.79 Å². The van der Waals surface area contributed by atoms with Crippen LogP contribution < -0.4 is 19.5 Å². The smallest absolute Gasteiger partial charge is 0.262 e. The normalized spacial score (nSPS) is 15.5. The highest BCUT2D eigenvalue weighted by Crippen LogP contribution is 2.30. The molecule has 0 spiro atoms. The van der Waals surface area contributed by atoms with Gasteiger partial charge in [-0.05, 0) is 55.7 Å². The maximum atomic E-state index is 12.4. The highest BCUT2D eigenvalue weighted by molar-refractivity contribution is 6.32. The number of hydrogen-bond donors (Lipinski definition) is 1. The Morgan fingerprint density at radius 2 is 1.97 bits per heavy atom.